The molecule has 2 heterocycles. The monoisotopic (exact) mass is 386 g/mol. The molecular formula is C10H12BrIOS. The highest BCUT2D eigenvalue weighted by molar-refractivity contribution is 14.1. The van der Waals surface area contributed by atoms with Crippen LogP contribution in [0.1, 0.15) is 30.7 Å². The first-order valence-corrected chi connectivity index (χ1v) is 7.75. The van der Waals surface area contributed by atoms with Crippen molar-refractivity contribution >= 4 is 49.9 Å². The molecule has 2 rings (SSSR count). The summed E-state index contributed by atoms with van der Waals surface area (Å²) < 4.78 is 8.35. The molecule has 1 saturated heterocycles. The van der Waals surface area contributed by atoms with Crippen LogP contribution in [0.5, 0.6) is 0 Å². The summed E-state index contributed by atoms with van der Waals surface area (Å²) in [6.45, 7) is 2.21. The maximum absolute atomic E-state index is 6.08. The third-order valence-electron chi connectivity index (χ3n) is 2.56. The summed E-state index contributed by atoms with van der Waals surface area (Å²) in [4.78, 5) is 1.35. The molecule has 1 nitrogen and oxygen atoms in total. The third-order valence-corrected chi connectivity index (χ3v) is 5.89. The average molecular weight is 387 g/mol. The lowest BCUT2D eigenvalue weighted by Crippen LogP contribution is -2.24. The van der Waals surface area contributed by atoms with Crippen molar-refractivity contribution in [2.45, 2.75) is 31.5 Å². The molecule has 0 aliphatic carbocycles. The van der Waals surface area contributed by atoms with Gasteiger partial charge in [0, 0.05) is 9.30 Å². The van der Waals surface area contributed by atoms with Crippen LogP contribution in [-0.2, 0) is 4.74 Å². The van der Waals surface area contributed by atoms with Crippen LogP contribution in [0.25, 0.3) is 0 Å². The van der Waals surface area contributed by atoms with Gasteiger partial charge in [-0.3, -0.25) is 0 Å². The normalized spacial score (nSPS) is 32.4. The molecule has 14 heavy (non-hydrogen) atoms. The van der Waals surface area contributed by atoms with Crippen LogP contribution < -0.4 is 0 Å². The number of ether oxygens (including phenoxy) is 1. The van der Waals surface area contributed by atoms with Crippen molar-refractivity contribution in [3.05, 3.63) is 20.8 Å². The molecule has 78 valence electrons. The molecule has 1 fully saturated rings. The van der Waals surface area contributed by atoms with Gasteiger partial charge in [0.2, 0.25) is 0 Å². The Morgan fingerprint density at radius 3 is 3.00 bits per heavy atom. The number of hydrogen-bond acceptors (Lipinski definition) is 2. The van der Waals surface area contributed by atoms with Gasteiger partial charge in [-0.25, -0.2) is 0 Å². The average Bonchev–Trinajstić information content (AvgIpc) is 2.73. The fourth-order valence-corrected chi connectivity index (χ4v) is 3.75. The minimum absolute atomic E-state index is 0.0989. The van der Waals surface area contributed by atoms with Crippen molar-refractivity contribution in [3.63, 3.8) is 0 Å². The highest BCUT2D eigenvalue weighted by Gasteiger charge is 2.36. The van der Waals surface area contributed by atoms with Crippen molar-refractivity contribution in [2.24, 2.45) is 0 Å². The Bertz CT molecular complexity index is 328. The zero-order chi connectivity index (χ0) is 10.2. The fourth-order valence-electron chi connectivity index (χ4n) is 1.70. The maximum atomic E-state index is 6.08. The molecular weight excluding hydrogens is 375 g/mol. The van der Waals surface area contributed by atoms with Gasteiger partial charge in [0.1, 0.15) is 0 Å². The van der Waals surface area contributed by atoms with E-state index in [1.807, 2.05) is 0 Å². The predicted molar refractivity (Wildman–Crippen MR) is 72.4 cm³/mol. The Hall–Kier alpha value is 0.870. The van der Waals surface area contributed by atoms with Crippen LogP contribution in [0.15, 0.2) is 15.9 Å². The lowest BCUT2D eigenvalue weighted by atomic mass is 10.1. The Balaban J connectivity index is 2.09. The van der Waals surface area contributed by atoms with Gasteiger partial charge in [0.05, 0.1) is 15.5 Å². The second kappa shape index (κ2) is 4.39. The van der Waals surface area contributed by atoms with Crippen LogP contribution in [0.4, 0.5) is 0 Å². The molecule has 0 N–H and O–H groups in total. The number of hydrogen-bond donors (Lipinski definition) is 0. The quantitative estimate of drug-likeness (QED) is 0.535. The Morgan fingerprint density at radius 1 is 1.71 bits per heavy atom. The second-order valence-corrected chi connectivity index (χ2v) is 7.13. The molecule has 1 aliphatic rings. The van der Waals surface area contributed by atoms with Gasteiger partial charge < -0.3 is 4.74 Å². The fraction of sp³-hybridized carbons (Fsp3) is 0.600. The molecule has 0 amide bonds. The number of rotatable bonds is 2. The van der Waals surface area contributed by atoms with E-state index in [1.54, 1.807) is 11.3 Å². The molecule has 0 radical (unpaired) electrons. The summed E-state index contributed by atoms with van der Waals surface area (Å²) in [6.07, 6.45) is 2.66. The van der Waals surface area contributed by atoms with Gasteiger partial charge in [-0.15, -0.1) is 11.3 Å². The van der Waals surface area contributed by atoms with E-state index in [2.05, 4.69) is 57.6 Å². The molecule has 4 heteroatoms. The largest absolute Gasteiger partial charge is 0.366 e. The maximum Gasteiger partial charge on any atom is 0.0926 e. The molecule has 1 aromatic heterocycles. The lowest BCUT2D eigenvalue weighted by molar-refractivity contribution is -0.00936. The first kappa shape index (κ1) is 11.4. The summed E-state index contributed by atoms with van der Waals surface area (Å²) in [5.41, 5.74) is 0.0989. The summed E-state index contributed by atoms with van der Waals surface area (Å²) in [5, 5.41) is 0. The van der Waals surface area contributed by atoms with Crippen LogP contribution in [-0.4, -0.2) is 10.0 Å². The second-order valence-electron chi connectivity index (χ2n) is 3.87. The molecule has 2 atom stereocenters. The van der Waals surface area contributed by atoms with Crippen LogP contribution in [0, 0.1) is 0 Å². The van der Waals surface area contributed by atoms with E-state index >= 15 is 0 Å². The highest BCUT2D eigenvalue weighted by Crippen LogP contribution is 2.42. The SMILES string of the molecule is CC1(CI)CCC(c2ccc(Br)s2)O1. The van der Waals surface area contributed by atoms with Crippen LogP contribution >= 0.6 is 49.9 Å². The molecule has 0 aromatic carbocycles. The molecule has 1 aromatic rings. The van der Waals surface area contributed by atoms with Gasteiger partial charge in [-0.05, 0) is 47.8 Å². The van der Waals surface area contributed by atoms with Gasteiger partial charge in [0.15, 0.2) is 0 Å². The van der Waals surface area contributed by atoms with E-state index in [1.165, 1.54) is 15.1 Å². The zero-order valence-electron chi connectivity index (χ0n) is 7.93. The summed E-state index contributed by atoms with van der Waals surface area (Å²) in [6, 6.07) is 4.27. The Labute approximate surface area is 110 Å². The van der Waals surface area contributed by atoms with E-state index in [-0.39, 0.29) is 5.60 Å². The van der Waals surface area contributed by atoms with E-state index in [0.717, 1.165) is 10.8 Å². The van der Waals surface area contributed by atoms with Gasteiger partial charge >= 0.3 is 0 Å². The highest BCUT2D eigenvalue weighted by atomic mass is 127. The van der Waals surface area contributed by atoms with Crippen molar-refractivity contribution in [1.29, 1.82) is 0 Å². The number of alkyl halides is 1. The first-order valence-electron chi connectivity index (χ1n) is 4.62. The zero-order valence-corrected chi connectivity index (χ0v) is 12.5. The van der Waals surface area contributed by atoms with Crippen molar-refractivity contribution < 1.29 is 4.74 Å². The standard InChI is InChI=1S/C10H12BrIOS/c1-10(6-12)5-4-7(13-10)8-2-3-9(11)14-8/h2-3,7H,4-6H2,1H3. The topological polar surface area (TPSA) is 9.23 Å². The predicted octanol–water partition coefficient (Wildman–Crippen LogP) is 4.56. The van der Waals surface area contributed by atoms with Crippen molar-refractivity contribution in [2.75, 3.05) is 4.43 Å². The molecule has 2 unspecified atom stereocenters. The Morgan fingerprint density at radius 2 is 2.50 bits per heavy atom. The summed E-state index contributed by atoms with van der Waals surface area (Å²) >= 11 is 7.68. The van der Waals surface area contributed by atoms with E-state index < -0.39 is 0 Å². The summed E-state index contributed by atoms with van der Waals surface area (Å²) in [5.74, 6) is 0. The van der Waals surface area contributed by atoms with Crippen LogP contribution in [0.3, 0.4) is 0 Å². The minimum atomic E-state index is 0.0989. The molecule has 0 bridgehead atoms. The molecule has 0 saturated carbocycles. The number of halogens is 2. The third kappa shape index (κ3) is 2.33. The number of thiophene rings is 1. The van der Waals surface area contributed by atoms with Crippen molar-refractivity contribution in [1.82, 2.24) is 0 Å². The van der Waals surface area contributed by atoms with Gasteiger partial charge in [-0.2, -0.15) is 0 Å². The molecule has 1 aliphatic heterocycles. The first-order chi connectivity index (χ1) is 6.63. The van der Waals surface area contributed by atoms with E-state index in [9.17, 15) is 0 Å². The van der Waals surface area contributed by atoms with Gasteiger partial charge in [-0.1, -0.05) is 22.6 Å². The van der Waals surface area contributed by atoms with Crippen LogP contribution in [0.2, 0.25) is 0 Å². The molecule has 0 spiro atoms. The summed E-state index contributed by atoms with van der Waals surface area (Å²) in [7, 11) is 0. The minimum Gasteiger partial charge on any atom is -0.366 e. The van der Waals surface area contributed by atoms with E-state index in [0.29, 0.717) is 6.10 Å². The van der Waals surface area contributed by atoms with Gasteiger partial charge in [0.25, 0.3) is 0 Å². The van der Waals surface area contributed by atoms with E-state index in [4.69, 9.17) is 4.74 Å². The Kier molecular flexibility index (Phi) is 3.56. The smallest absolute Gasteiger partial charge is 0.0926 e. The van der Waals surface area contributed by atoms with Crippen molar-refractivity contribution in [3.8, 4) is 0 Å². The lowest BCUT2D eigenvalue weighted by Gasteiger charge is -2.21.